The Kier molecular flexibility index (Phi) is 6.62. The van der Waals surface area contributed by atoms with Crippen molar-refractivity contribution in [2.45, 2.75) is 31.6 Å². The zero-order chi connectivity index (χ0) is 23.3. The molecule has 1 saturated carbocycles. The number of para-hydroxylation sites is 1. The Bertz CT molecular complexity index is 1120. The second-order valence-electron chi connectivity index (χ2n) is 8.96. The lowest BCUT2D eigenvalue weighted by Crippen LogP contribution is -2.45. The average molecular weight is 459 g/mol. The van der Waals surface area contributed by atoms with E-state index < -0.39 is 0 Å². The first-order valence-electron chi connectivity index (χ1n) is 11.9. The van der Waals surface area contributed by atoms with E-state index in [-0.39, 0.29) is 5.91 Å². The number of amides is 1. The molecule has 0 radical (unpaired) electrons. The minimum atomic E-state index is -0.197. The topological polar surface area (TPSA) is 99.2 Å². The van der Waals surface area contributed by atoms with Crippen molar-refractivity contribution < 1.29 is 4.79 Å². The predicted molar refractivity (Wildman–Crippen MR) is 133 cm³/mol. The van der Waals surface area contributed by atoms with Gasteiger partial charge in [-0.25, -0.2) is 4.98 Å². The molecule has 0 unspecified atom stereocenters. The van der Waals surface area contributed by atoms with E-state index in [9.17, 15) is 4.79 Å². The van der Waals surface area contributed by atoms with Gasteiger partial charge in [0.1, 0.15) is 11.6 Å². The van der Waals surface area contributed by atoms with Crippen molar-refractivity contribution in [3.05, 3.63) is 60.0 Å². The van der Waals surface area contributed by atoms with Crippen LogP contribution in [-0.4, -0.2) is 64.0 Å². The Morgan fingerprint density at radius 1 is 0.971 bits per heavy atom. The first-order valence-corrected chi connectivity index (χ1v) is 11.9. The molecule has 1 aromatic carbocycles. The molecule has 34 heavy (non-hydrogen) atoms. The number of piperazine rings is 1. The van der Waals surface area contributed by atoms with Gasteiger partial charge in [-0.3, -0.25) is 4.79 Å². The fraction of sp³-hybridized carbons (Fsp3) is 0.400. The van der Waals surface area contributed by atoms with Crippen LogP contribution in [0.25, 0.3) is 0 Å². The molecule has 1 amide bonds. The van der Waals surface area contributed by atoms with Gasteiger partial charge in [-0.05, 0) is 44.2 Å². The smallest absolute Gasteiger partial charge is 0.255 e. The number of hydrogen-bond acceptors (Lipinski definition) is 8. The highest BCUT2D eigenvalue weighted by Crippen LogP contribution is 2.33. The van der Waals surface area contributed by atoms with Crippen LogP contribution in [0.15, 0.2) is 48.7 Å². The third-order valence-electron chi connectivity index (χ3n) is 6.44. The van der Waals surface area contributed by atoms with Crippen LogP contribution in [0, 0.1) is 0 Å². The fourth-order valence-electron chi connectivity index (χ4n) is 4.43. The highest BCUT2D eigenvalue weighted by molar-refractivity contribution is 6.04. The summed E-state index contributed by atoms with van der Waals surface area (Å²) in [5, 5.41) is 6.13. The van der Waals surface area contributed by atoms with Gasteiger partial charge in [0.05, 0.1) is 0 Å². The Hall–Kier alpha value is -3.59. The van der Waals surface area contributed by atoms with E-state index in [1.807, 2.05) is 30.3 Å². The average Bonchev–Trinajstić information content (AvgIpc) is 3.40. The quantitative estimate of drug-likeness (QED) is 0.577. The minimum Gasteiger partial charge on any atom is -0.338 e. The molecule has 3 heterocycles. The zero-order valence-corrected chi connectivity index (χ0v) is 19.4. The van der Waals surface area contributed by atoms with Crippen molar-refractivity contribution in [3.8, 4) is 0 Å². The predicted octanol–water partition coefficient (Wildman–Crippen LogP) is 3.67. The molecule has 0 spiro atoms. The fourth-order valence-corrected chi connectivity index (χ4v) is 4.43. The van der Waals surface area contributed by atoms with Crippen LogP contribution in [-0.2, 0) is 0 Å². The third kappa shape index (κ3) is 5.31. The summed E-state index contributed by atoms with van der Waals surface area (Å²) in [6, 6.07) is 12.8. The molecule has 176 valence electrons. The van der Waals surface area contributed by atoms with Gasteiger partial charge in [0, 0.05) is 49.5 Å². The van der Waals surface area contributed by atoms with Gasteiger partial charge in [-0.2, -0.15) is 15.0 Å². The van der Waals surface area contributed by atoms with Crippen LogP contribution in [0.4, 0.5) is 23.4 Å². The van der Waals surface area contributed by atoms with Crippen molar-refractivity contribution in [1.29, 1.82) is 0 Å². The summed E-state index contributed by atoms with van der Waals surface area (Å²) in [6.45, 7) is 3.73. The molecule has 9 heteroatoms. The maximum absolute atomic E-state index is 12.7. The second-order valence-corrected chi connectivity index (χ2v) is 8.96. The monoisotopic (exact) mass is 458 g/mol. The molecule has 2 fully saturated rings. The number of rotatable bonds is 6. The number of likely N-dealkylation sites (N-methyl/N-ethyl adjacent to an activating group) is 1. The van der Waals surface area contributed by atoms with Gasteiger partial charge < -0.3 is 20.4 Å². The molecule has 3 aromatic rings. The maximum atomic E-state index is 12.7. The number of carbonyl (C=O) groups is 1. The van der Waals surface area contributed by atoms with Crippen molar-refractivity contribution >= 4 is 29.3 Å². The molecule has 2 aliphatic rings. The Labute approximate surface area is 199 Å². The Balaban J connectivity index is 1.37. The molecule has 1 aliphatic heterocycles. The van der Waals surface area contributed by atoms with E-state index in [4.69, 9.17) is 15.0 Å². The molecule has 1 saturated heterocycles. The van der Waals surface area contributed by atoms with Crippen molar-refractivity contribution in [2.24, 2.45) is 0 Å². The van der Waals surface area contributed by atoms with E-state index in [0.717, 1.165) is 50.5 Å². The van der Waals surface area contributed by atoms with Crippen LogP contribution in [0.3, 0.4) is 0 Å². The van der Waals surface area contributed by atoms with Gasteiger partial charge in [-0.15, -0.1) is 0 Å². The number of carbonyl (C=O) groups excluding carboxylic acids is 1. The van der Waals surface area contributed by atoms with Crippen LogP contribution in [0.2, 0.25) is 0 Å². The van der Waals surface area contributed by atoms with Gasteiger partial charge in [-0.1, -0.05) is 31.0 Å². The van der Waals surface area contributed by atoms with E-state index in [2.05, 4.69) is 32.5 Å². The first-order chi connectivity index (χ1) is 16.6. The van der Waals surface area contributed by atoms with E-state index in [0.29, 0.717) is 29.2 Å². The SMILES string of the molecule is CN1CCN(c2nc(Nc3cc(C(=O)Nc4ccccc4)ccn3)nc(C3CCCC3)n2)CC1. The van der Waals surface area contributed by atoms with Crippen LogP contribution < -0.4 is 15.5 Å². The van der Waals surface area contributed by atoms with Crippen LogP contribution in [0.5, 0.6) is 0 Å². The lowest BCUT2D eigenvalue weighted by Gasteiger charge is -2.32. The highest BCUT2D eigenvalue weighted by atomic mass is 16.1. The summed E-state index contributed by atoms with van der Waals surface area (Å²) in [6.07, 6.45) is 6.26. The number of pyridine rings is 1. The maximum Gasteiger partial charge on any atom is 0.255 e. The minimum absolute atomic E-state index is 0.197. The van der Waals surface area contributed by atoms with Gasteiger partial charge in [0.2, 0.25) is 11.9 Å². The molecule has 5 rings (SSSR count). The number of aromatic nitrogens is 4. The summed E-state index contributed by atoms with van der Waals surface area (Å²) < 4.78 is 0. The second kappa shape index (κ2) is 10.1. The lowest BCUT2D eigenvalue weighted by atomic mass is 10.1. The summed E-state index contributed by atoms with van der Waals surface area (Å²) in [4.78, 5) is 36.0. The van der Waals surface area contributed by atoms with Crippen LogP contribution >= 0.6 is 0 Å². The molecule has 1 aliphatic carbocycles. The molecular formula is C25H30N8O. The summed E-state index contributed by atoms with van der Waals surface area (Å²) in [5.74, 6) is 2.72. The van der Waals surface area contributed by atoms with Crippen molar-refractivity contribution in [3.63, 3.8) is 0 Å². The molecular weight excluding hydrogens is 428 g/mol. The number of nitrogens with zero attached hydrogens (tertiary/aromatic N) is 6. The lowest BCUT2D eigenvalue weighted by molar-refractivity contribution is 0.102. The molecule has 2 aromatic heterocycles. The van der Waals surface area contributed by atoms with Crippen molar-refractivity contribution in [1.82, 2.24) is 24.8 Å². The Morgan fingerprint density at radius 2 is 1.74 bits per heavy atom. The number of nitrogens with one attached hydrogen (secondary N) is 2. The molecule has 9 nitrogen and oxygen atoms in total. The van der Waals surface area contributed by atoms with Gasteiger partial charge in [0.25, 0.3) is 5.91 Å². The number of hydrogen-bond donors (Lipinski definition) is 2. The molecule has 0 bridgehead atoms. The van der Waals surface area contributed by atoms with Crippen LogP contribution in [0.1, 0.15) is 47.8 Å². The summed E-state index contributed by atoms with van der Waals surface area (Å²) >= 11 is 0. The van der Waals surface area contributed by atoms with Gasteiger partial charge >= 0.3 is 0 Å². The van der Waals surface area contributed by atoms with E-state index in [1.165, 1.54) is 12.8 Å². The highest BCUT2D eigenvalue weighted by Gasteiger charge is 2.24. The molecule has 0 atom stereocenters. The number of anilines is 4. The first kappa shape index (κ1) is 22.2. The summed E-state index contributed by atoms with van der Waals surface area (Å²) in [7, 11) is 2.13. The normalized spacial score (nSPS) is 17.0. The standard InChI is InChI=1S/C25H30N8O/c1-32-13-15-33(16-14-32)25-30-22(18-7-5-6-8-18)29-24(31-25)28-21-17-19(11-12-26-21)23(34)27-20-9-3-2-4-10-20/h2-4,9-12,17-18H,5-8,13-16H2,1H3,(H,27,34)(H,26,28,29,30,31). The van der Waals surface area contributed by atoms with Crippen molar-refractivity contribution in [2.75, 3.05) is 48.8 Å². The third-order valence-corrected chi connectivity index (χ3v) is 6.44. The Morgan fingerprint density at radius 3 is 2.50 bits per heavy atom. The van der Waals surface area contributed by atoms with E-state index in [1.54, 1.807) is 18.3 Å². The number of benzene rings is 1. The molecule has 2 N–H and O–H groups in total. The van der Waals surface area contributed by atoms with E-state index >= 15 is 0 Å². The largest absolute Gasteiger partial charge is 0.338 e. The zero-order valence-electron chi connectivity index (χ0n) is 19.4. The summed E-state index contributed by atoms with van der Waals surface area (Å²) in [5.41, 5.74) is 1.25. The van der Waals surface area contributed by atoms with Gasteiger partial charge in [0.15, 0.2) is 0 Å².